The molecule has 0 aromatic heterocycles. The van der Waals surface area contributed by atoms with Gasteiger partial charge >= 0.3 is 0 Å². The molecule has 0 unspecified atom stereocenters. The Balaban J connectivity index is 2.02. The quantitative estimate of drug-likeness (QED) is 0.908. The lowest BCUT2D eigenvalue weighted by Gasteiger charge is -2.20. The van der Waals surface area contributed by atoms with Gasteiger partial charge in [-0.25, -0.2) is 0 Å². The molecular formula is C16H16ClNO2. The molecule has 0 saturated carbocycles. The molecule has 0 bridgehead atoms. The molecule has 1 amide bonds. The molecule has 0 aliphatic rings. The Kier molecular flexibility index (Phi) is 4.77. The van der Waals surface area contributed by atoms with Gasteiger partial charge in [0.1, 0.15) is 0 Å². The molecule has 2 rings (SSSR count). The fourth-order valence-electron chi connectivity index (χ4n) is 1.91. The molecule has 0 heterocycles. The third-order valence-electron chi connectivity index (χ3n) is 3.08. The van der Waals surface area contributed by atoms with E-state index in [0.717, 1.165) is 5.56 Å². The fraction of sp³-hybridized carbons (Fsp3) is 0.188. The highest BCUT2D eigenvalue weighted by Gasteiger charge is 2.18. The number of amides is 1. The first kappa shape index (κ1) is 14.6. The van der Waals surface area contributed by atoms with Crippen LogP contribution in [0.5, 0.6) is 0 Å². The van der Waals surface area contributed by atoms with Crippen LogP contribution >= 0.6 is 11.6 Å². The van der Waals surface area contributed by atoms with Crippen LogP contribution in [0, 0.1) is 0 Å². The number of hydrogen-bond acceptors (Lipinski definition) is 2. The molecule has 0 fully saturated rings. The normalized spacial score (nSPS) is 13.6. The Labute approximate surface area is 123 Å². The van der Waals surface area contributed by atoms with Gasteiger partial charge < -0.3 is 10.4 Å². The van der Waals surface area contributed by atoms with Crippen molar-refractivity contribution < 1.29 is 9.90 Å². The first-order valence-electron chi connectivity index (χ1n) is 6.37. The highest BCUT2D eigenvalue weighted by Crippen LogP contribution is 2.17. The van der Waals surface area contributed by atoms with Gasteiger partial charge in [-0.05, 0) is 36.8 Å². The molecule has 0 saturated heterocycles. The van der Waals surface area contributed by atoms with E-state index in [1.807, 2.05) is 30.3 Å². The topological polar surface area (TPSA) is 49.3 Å². The molecule has 4 heteroatoms. The second-order valence-electron chi connectivity index (χ2n) is 4.62. The Morgan fingerprint density at radius 2 is 1.70 bits per heavy atom. The molecule has 2 aromatic carbocycles. The minimum atomic E-state index is -0.743. The van der Waals surface area contributed by atoms with Crippen molar-refractivity contribution in [2.75, 3.05) is 0 Å². The standard InChI is InChI=1S/C16H16ClNO2/c1-11(15(19)12-5-3-2-4-6-12)18-16(20)13-7-9-14(17)10-8-13/h2-11,15,19H,1H3,(H,18,20)/t11-,15-/m0/s1. The van der Waals surface area contributed by atoms with Crippen LogP contribution in [0.15, 0.2) is 54.6 Å². The van der Waals surface area contributed by atoms with Gasteiger partial charge in [0.05, 0.1) is 12.1 Å². The molecule has 0 spiro atoms. The summed E-state index contributed by atoms with van der Waals surface area (Å²) in [6.45, 7) is 1.77. The van der Waals surface area contributed by atoms with E-state index in [4.69, 9.17) is 11.6 Å². The predicted molar refractivity (Wildman–Crippen MR) is 79.8 cm³/mol. The molecule has 2 atom stereocenters. The van der Waals surface area contributed by atoms with Crippen LogP contribution in [-0.2, 0) is 0 Å². The maximum Gasteiger partial charge on any atom is 0.251 e. The summed E-state index contributed by atoms with van der Waals surface area (Å²) in [5.74, 6) is -0.232. The summed E-state index contributed by atoms with van der Waals surface area (Å²) >= 11 is 5.78. The van der Waals surface area contributed by atoms with Gasteiger partial charge in [-0.3, -0.25) is 4.79 Å². The van der Waals surface area contributed by atoms with Crippen LogP contribution in [0.3, 0.4) is 0 Å². The third-order valence-corrected chi connectivity index (χ3v) is 3.33. The third kappa shape index (κ3) is 3.59. The summed E-state index contributed by atoms with van der Waals surface area (Å²) in [5, 5.41) is 13.6. The second kappa shape index (κ2) is 6.55. The molecule has 2 aromatic rings. The number of rotatable bonds is 4. The Morgan fingerprint density at radius 1 is 1.10 bits per heavy atom. The van der Waals surface area contributed by atoms with Crippen molar-refractivity contribution in [3.8, 4) is 0 Å². The van der Waals surface area contributed by atoms with E-state index in [-0.39, 0.29) is 11.9 Å². The molecule has 2 N–H and O–H groups in total. The van der Waals surface area contributed by atoms with Gasteiger partial charge in [0.15, 0.2) is 0 Å². The van der Waals surface area contributed by atoms with Crippen LogP contribution in [0.2, 0.25) is 5.02 Å². The van der Waals surface area contributed by atoms with Gasteiger partial charge in [0, 0.05) is 10.6 Å². The van der Waals surface area contributed by atoms with Crippen molar-refractivity contribution in [1.82, 2.24) is 5.32 Å². The van der Waals surface area contributed by atoms with E-state index in [2.05, 4.69) is 5.32 Å². The summed E-state index contributed by atoms with van der Waals surface area (Å²) in [5.41, 5.74) is 1.29. The van der Waals surface area contributed by atoms with E-state index in [1.165, 1.54) is 0 Å². The summed E-state index contributed by atoms with van der Waals surface area (Å²) < 4.78 is 0. The van der Waals surface area contributed by atoms with Crippen molar-refractivity contribution in [1.29, 1.82) is 0 Å². The highest BCUT2D eigenvalue weighted by atomic mass is 35.5. The number of carbonyl (C=O) groups excluding carboxylic acids is 1. The average molecular weight is 290 g/mol. The lowest BCUT2D eigenvalue weighted by Crippen LogP contribution is -2.37. The Morgan fingerprint density at radius 3 is 2.30 bits per heavy atom. The summed E-state index contributed by atoms with van der Waals surface area (Å²) in [6.07, 6.45) is -0.743. The molecule has 0 aliphatic carbocycles. The largest absolute Gasteiger partial charge is 0.386 e. The van der Waals surface area contributed by atoms with Crippen LogP contribution in [0.25, 0.3) is 0 Å². The molecular weight excluding hydrogens is 274 g/mol. The number of halogens is 1. The van der Waals surface area contributed by atoms with Gasteiger partial charge in [0.2, 0.25) is 0 Å². The number of carbonyl (C=O) groups is 1. The monoisotopic (exact) mass is 289 g/mol. The number of benzene rings is 2. The van der Waals surface area contributed by atoms with Crippen LogP contribution in [-0.4, -0.2) is 17.1 Å². The van der Waals surface area contributed by atoms with E-state index >= 15 is 0 Å². The zero-order valence-electron chi connectivity index (χ0n) is 11.1. The molecule has 0 radical (unpaired) electrons. The van der Waals surface area contributed by atoms with Crippen molar-refractivity contribution >= 4 is 17.5 Å². The van der Waals surface area contributed by atoms with Crippen LogP contribution in [0.4, 0.5) is 0 Å². The maximum absolute atomic E-state index is 12.0. The number of aliphatic hydroxyl groups excluding tert-OH is 1. The average Bonchev–Trinajstić information content (AvgIpc) is 2.48. The summed E-state index contributed by atoms with van der Waals surface area (Å²) in [7, 11) is 0. The Hall–Kier alpha value is -1.84. The smallest absolute Gasteiger partial charge is 0.251 e. The van der Waals surface area contributed by atoms with Gasteiger partial charge in [0.25, 0.3) is 5.91 Å². The highest BCUT2D eigenvalue weighted by molar-refractivity contribution is 6.30. The van der Waals surface area contributed by atoms with Crippen molar-refractivity contribution in [2.45, 2.75) is 19.1 Å². The number of hydrogen-bond donors (Lipinski definition) is 2. The first-order valence-corrected chi connectivity index (χ1v) is 6.75. The van der Waals surface area contributed by atoms with E-state index < -0.39 is 6.10 Å². The lowest BCUT2D eigenvalue weighted by molar-refractivity contribution is 0.0852. The lowest BCUT2D eigenvalue weighted by atomic mass is 10.0. The fourth-order valence-corrected chi connectivity index (χ4v) is 2.04. The van der Waals surface area contributed by atoms with Crippen LogP contribution in [0.1, 0.15) is 28.9 Å². The minimum Gasteiger partial charge on any atom is -0.386 e. The second-order valence-corrected chi connectivity index (χ2v) is 5.06. The van der Waals surface area contributed by atoms with Gasteiger partial charge in [-0.2, -0.15) is 0 Å². The minimum absolute atomic E-state index is 0.232. The van der Waals surface area contributed by atoms with E-state index in [1.54, 1.807) is 31.2 Å². The first-order chi connectivity index (χ1) is 9.58. The van der Waals surface area contributed by atoms with Crippen molar-refractivity contribution in [2.24, 2.45) is 0 Å². The van der Waals surface area contributed by atoms with Crippen LogP contribution < -0.4 is 5.32 Å². The van der Waals surface area contributed by atoms with Gasteiger partial charge in [-0.15, -0.1) is 0 Å². The van der Waals surface area contributed by atoms with Gasteiger partial charge in [-0.1, -0.05) is 41.9 Å². The molecule has 0 aliphatic heterocycles. The van der Waals surface area contributed by atoms with E-state index in [0.29, 0.717) is 10.6 Å². The number of nitrogens with one attached hydrogen (secondary N) is 1. The predicted octanol–water partition coefficient (Wildman–Crippen LogP) is 3.19. The zero-order valence-corrected chi connectivity index (χ0v) is 11.8. The molecule has 104 valence electrons. The molecule has 20 heavy (non-hydrogen) atoms. The Bertz CT molecular complexity index is 569. The zero-order chi connectivity index (χ0) is 14.5. The van der Waals surface area contributed by atoms with E-state index in [9.17, 15) is 9.90 Å². The summed E-state index contributed by atoms with van der Waals surface area (Å²) in [6, 6.07) is 15.5. The van der Waals surface area contributed by atoms with Crippen molar-refractivity contribution in [3.05, 3.63) is 70.7 Å². The number of aliphatic hydroxyl groups is 1. The SMILES string of the molecule is C[C@H](NC(=O)c1ccc(Cl)cc1)[C@H](O)c1ccccc1. The molecule has 3 nitrogen and oxygen atoms in total. The van der Waals surface area contributed by atoms with Crippen molar-refractivity contribution in [3.63, 3.8) is 0 Å². The summed E-state index contributed by atoms with van der Waals surface area (Å²) in [4.78, 5) is 12.0. The maximum atomic E-state index is 12.0.